The Morgan fingerprint density at radius 3 is 2.62 bits per heavy atom. The molecule has 2 heterocycles. The van der Waals surface area contributed by atoms with Crippen molar-refractivity contribution in [1.82, 2.24) is 14.7 Å². The first-order valence-corrected chi connectivity index (χ1v) is 7.16. The van der Waals surface area contributed by atoms with Crippen molar-refractivity contribution in [2.45, 2.75) is 46.3 Å². The van der Waals surface area contributed by atoms with Crippen LogP contribution in [0.4, 0.5) is 0 Å². The Kier molecular flexibility index (Phi) is 4.05. The van der Waals surface area contributed by atoms with E-state index in [0.29, 0.717) is 5.56 Å². The van der Waals surface area contributed by atoms with Gasteiger partial charge in [0.2, 0.25) is 0 Å². The van der Waals surface area contributed by atoms with Crippen molar-refractivity contribution in [3.63, 3.8) is 0 Å². The Bertz CT molecular complexity index is 653. The highest BCUT2D eigenvalue weighted by molar-refractivity contribution is 5.96. The molecule has 0 radical (unpaired) electrons. The van der Waals surface area contributed by atoms with Gasteiger partial charge in [-0.25, -0.2) is 4.98 Å². The molecule has 1 atom stereocenters. The van der Waals surface area contributed by atoms with Crippen molar-refractivity contribution in [1.29, 1.82) is 0 Å². The summed E-state index contributed by atoms with van der Waals surface area (Å²) in [6, 6.07) is 3.34. The molecule has 0 aliphatic rings. The fraction of sp³-hybridized carbons (Fsp3) is 0.500. The van der Waals surface area contributed by atoms with Crippen molar-refractivity contribution in [3.8, 4) is 0 Å². The number of aliphatic hydroxyl groups is 1. The Labute approximate surface area is 125 Å². The molecule has 114 valence electrons. The van der Waals surface area contributed by atoms with E-state index in [4.69, 9.17) is 0 Å². The second-order valence-electron chi connectivity index (χ2n) is 6.37. The van der Waals surface area contributed by atoms with E-state index in [2.05, 4.69) is 10.3 Å². The minimum Gasteiger partial charge on any atom is -0.388 e. The molecule has 0 unspecified atom stereocenters. The number of pyridine rings is 1. The minimum absolute atomic E-state index is 0.131. The number of amides is 1. The van der Waals surface area contributed by atoms with Crippen LogP contribution in [0.2, 0.25) is 0 Å². The molecule has 0 spiro atoms. The first-order chi connectivity index (χ1) is 9.71. The van der Waals surface area contributed by atoms with Gasteiger partial charge in [0.25, 0.3) is 5.91 Å². The monoisotopic (exact) mass is 289 g/mol. The summed E-state index contributed by atoms with van der Waals surface area (Å²) in [5, 5.41) is 13.2. The van der Waals surface area contributed by atoms with E-state index < -0.39 is 5.60 Å². The van der Waals surface area contributed by atoms with Gasteiger partial charge >= 0.3 is 0 Å². The van der Waals surface area contributed by atoms with Crippen LogP contribution in [0.25, 0.3) is 5.52 Å². The SMILES string of the molecule is Cc1c(C(=O)N[C@@H](C(C)C)C(C)(C)O)ccc2cncn12. The van der Waals surface area contributed by atoms with Crippen LogP contribution in [0, 0.1) is 12.8 Å². The van der Waals surface area contributed by atoms with Gasteiger partial charge in [0.1, 0.15) is 0 Å². The Balaban J connectivity index is 2.31. The zero-order valence-electron chi connectivity index (χ0n) is 13.2. The third kappa shape index (κ3) is 3.08. The lowest BCUT2D eigenvalue weighted by atomic mass is 9.89. The second kappa shape index (κ2) is 5.48. The van der Waals surface area contributed by atoms with E-state index in [1.807, 2.05) is 31.2 Å². The molecule has 5 nitrogen and oxygen atoms in total. The van der Waals surface area contributed by atoms with Crippen LogP contribution in [-0.2, 0) is 0 Å². The van der Waals surface area contributed by atoms with Gasteiger partial charge < -0.3 is 14.8 Å². The maximum Gasteiger partial charge on any atom is 0.253 e. The number of rotatable bonds is 4. The lowest BCUT2D eigenvalue weighted by Gasteiger charge is -2.33. The molecule has 0 aromatic carbocycles. The van der Waals surface area contributed by atoms with Gasteiger partial charge in [-0.15, -0.1) is 0 Å². The molecular formula is C16H23N3O2. The lowest BCUT2D eigenvalue weighted by Crippen LogP contribution is -2.52. The highest BCUT2D eigenvalue weighted by Crippen LogP contribution is 2.18. The third-order valence-corrected chi connectivity index (χ3v) is 3.80. The maximum absolute atomic E-state index is 12.5. The highest BCUT2D eigenvalue weighted by atomic mass is 16.3. The zero-order valence-corrected chi connectivity index (χ0v) is 13.2. The first-order valence-electron chi connectivity index (χ1n) is 7.16. The summed E-state index contributed by atoms with van der Waals surface area (Å²) in [5.74, 6) is -0.0462. The summed E-state index contributed by atoms with van der Waals surface area (Å²) in [5.41, 5.74) is 1.40. The molecule has 0 aliphatic heterocycles. The third-order valence-electron chi connectivity index (χ3n) is 3.80. The van der Waals surface area contributed by atoms with E-state index in [0.717, 1.165) is 11.2 Å². The number of nitrogens with one attached hydrogen (secondary N) is 1. The Morgan fingerprint density at radius 2 is 2.05 bits per heavy atom. The van der Waals surface area contributed by atoms with Crippen molar-refractivity contribution in [2.75, 3.05) is 0 Å². The van der Waals surface area contributed by atoms with Gasteiger partial charge in [0, 0.05) is 5.69 Å². The van der Waals surface area contributed by atoms with Crippen LogP contribution in [0.5, 0.6) is 0 Å². The van der Waals surface area contributed by atoms with Gasteiger partial charge in [-0.3, -0.25) is 4.79 Å². The van der Waals surface area contributed by atoms with Crippen LogP contribution in [0.1, 0.15) is 43.7 Å². The Hall–Kier alpha value is -1.88. The van der Waals surface area contributed by atoms with Crippen molar-refractivity contribution >= 4 is 11.4 Å². The summed E-state index contributed by atoms with van der Waals surface area (Å²) >= 11 is 0. The summed E-state index contributed by atoms with van der Waals surface area (Å²) in [4.78, 5) is 16.6. The number of hydrogen-bond acceptors (Lipinski definition) is 3. The summed E-state index contributed by atoms with van der Waals surface area (Å²) in [6.45, 7) is 9.27. The summed E-state index contributed by atoms with van der Waals surface area (Å²) in [7, 11) is 0. The summed E-state index contributed by atoms with van der Waals surface area (Å²) in [6.07, 6.45) is 3.44. The standard InChI is InChI=1S/C16H23N3O2/c1-10(2)14(16(4,5)21)18-15(20)13-7-6-12-8-17-9-19(12)11(13)3/h6-10,14,21H,1-5H3,(H,18,20)/t14-/m0/s1. The van der Waals surface area contributed by atoms with E-state index in [9.17, 15) is 9.90 Å². The first kappa shape index (κ1) is 15.5. The summed E-state index contributed by atoms with van der Waals surface area (Å²) < 4.78 is 1.88. The van der Waals surface area contributed by atoms with Gasteiger partial charge in [-0.1, -0.05) is 13.8 Å². The topological polar surface area (TPSA) is 66.6 Å². The molecule has 2 aromatic heterocycles. The second-order valence-corrected chi connectivity index (χ2v) is 6.37. The number of aryl methyl sites for hydroxylation is 1. The molecule has 2 N–H and O–H groups in total. The number of nitrogens with zero attached hydrogens (tertiary/aromatic N) is 2. The average Bonchev–Trinajstić information content (AvgIpc) is 2.83. The largest absolute Gasteiger partial charge is 0.388 e. The van der Waals surface area contributed by atoms with Crippen LogP contribution < -0.4 is 5.32 Å². The molecule has 0 saturated carbocycles. The van der Waals surface area contributed by atoms with Crippen LogP contribution >= 0.6 is 0 Å². The molecule has 1 amide bonds. The molecule has 2 aromatic rings. The lowest BCUT2D eigenvalue weighted by molar-refractivity contribution is 0.0194. The predicted molar refractivity (Wildman–Crippen MR) is 82.3 cm³/mol. The van der Waals surface area contributed by atoms with E-state index >= 15 is 0 Å². The fourth-order valence-electron chi connectivity index (χ4n) is 2.75. The molecule has 0 bridgehead atoms. The van der Waals surface area contributed by atoms with Crippen LogP contribution in [0.15, 0.2) is 24.7 Å². The molecule has 5 heteroatoms. The number of hydrogen-bond donors (Lipinski definition) is 2. The van der Waals surface area contributed by atoms with E-state index in [1.54, 1.807) is 32.4 Å². The van der Waals surface area contributed by atoms with Crippen molar-refractivity contribution in [2.24, 2.45) is 5.92 Å². The van der Waals surface area contributed by atoms with Gasteiger partial charge in [0.05, 0.1) is 35.2 Å². The number of imidazole rings is 1. The van der Waals surface area contributed by atoms with Crippen molar-refractivity contribution < 1.29 is 9.90 Å². The van der Waals surface area contributed by atoms with Gasteiger partial charge in [-0.05, 0) is 38.8 Å². The molecule has 2 rings (SSSR count). The molecule has 21 heavy (non-hydrogen) atoms. The average molecular weight is 289 g/mol. The zero-order chi connectivity index (χ0) is 15.8. The molecule has 0 aliphatic carbocycles. The van der Waals surface area contributed by atoms with Gasteiger partial charge in [-0.2, -0.15) is 0 Å². The van der Waals surface area contributed by atoms with Gasteiger partial charge in [0.15, 0.2) is 0 Å². The normalized spacial score (nSPS) is 13.7. The van der Waals surface area contributed by atoms with Crippen LogP contribution in [-0.4, -0.2) is 32.0 Å². The molecule has 0 saturated heterocycles. The predicted octanol–water partition coefficient (Wildman–Crippen LogP) is 2.17. The highest BCUT2D eigenvalue weighted by Gasteiger charge is 2.31. The van der Waals surface area contributed by atoms with E-state index in [-0.39, 0.29) is 17.9 Å². The molecule has 0 fully saturated rings. The van der Waals surface area contributed by atoms with E-state index in [1.165, 1.54) is 0 Å². The molecular weight excluding hydrogens is 266 g/mol. The minimum atomic E-state index is -0.975. The number of carbonyl (C=O) groups is 1. The number of carbonyl (C=O) groups excluding carboxylic acids is 1. The fourth-order valence-corrected chi connectivity index (χ4v) is 2.75. The smallest absolute Gasteiger partial charge is 0.253 e. The number of aromatic nitrogens is 2. The Morgan fingerprint density at radius 1 is 1.38 bits per heavy atom. The van der Waals surface area contributed by atoms with Crippen molar-refractivity contribution in [3.05, 3.63) is 35.9 Å². The number of fused-ring (bicyclic) bond motifs is 1. The quantitative estimate of drug-likeness (QED) is 0.906. The van der Waals surface area contributed by atoms with Crippen LogP contribution in [0.3, 0.4) is 0 Å². The maximum atomic E-state index is 12.5.